The first-order valence-electron chi connectivity index (χ1n) is 13.8. The molecule has 0 aliphatic heterocycles. The first-order valence-corrected chi connectivity index (χ1v) is 14.2. The minimum atomic E-state index is -0.385. The number of amides is 1. The smallest absolute Gasteiger partial charge is 0.271 e. The summed E-state index contributed by atoms with van der Waals surface area (Å²) in [7, 11) is 1.56. The predicted octanol–water partition coefficient (Wildman–Crippen LogP) is 7.83. The molecule has 0 saturated carbocycles. The van der Waals surface area contributed by atoms with Crippen molar-refractivity contribution in [3.63, 3.8) is 0 Å². The molecule has 0 heterocycles. The van der Waals surface area contributed by atoms with Crippen LogP contribution in [0.2, 0.25) is 5.02 Å². The molecule has 214 valence electrons. The van der Waals surface area contributed by atoms with Gasteiger partial charge in [-0.25, -0.2) is 5.43 Å². The molecule has 0 unspecified atom stereocenters. The van der Waals surface area contributed by atoms with E-state index >= 15 is 0 Å². The van der Waals surface area contributed by atoms with Crippen molar-refractivity contribution in [2.75, 3.05) is 20.3 Å². The molecule has 3 aromatic carbocycles. The Hall–Kier alpha value is -3.71. The van der Waals surface area contributed by atoms with Gasteiger partial charge in [0, 0.05) is 5.56 Å². The van der Waals surface area contributed by atoms with E-state index in [1.807, 2.05) is 37.3 Å². The molecular weight excluding hydrogens is 528 g/mol. The zero-order valence-electron chi connectivity index (χ0n) is 23.6. The quantitative estimate of drug-likeness (QED) is 0.102. The molecule has 1 N–H and O–H groups in total. The van der Waals surface area contributed by atoms with Gasteiger partial charge < -0.3 is 18.9 Å². The van der Waals surface area contributed by atoms with Gasteiger partial charge in [-0.3, -0.25) is 4.79 Å². The molecule has 0 saturated heterocycles. The second-order valence-corrected chi connectivity index (χ2v) is 9.63. The number of carbonyl (C=O) groups is 1. The van der Waals surface area contributed by atoms with Gasteiger partial charge in [0.05, 0.1) is 31.6 Å². The molecular formula is C32H39ClN2O5. The number of benzene rings is 3. The number of hydrazone groups is 1. The highest BCUT2D eigenvalue weighted by atomic mass is 35.5. The molecule has 0 bridgehead atoms. The standard InChI is InChI=1S/C32H39ClN2O5/c1-4-6-7-8-9-13-18-39-31-27(33)19-25(20-30(31)37-3)22-34-35-32(36)26-16-17-28(29(21-26)38-5-2)40-23-24-14-11-10-12-15-24/h10-12,14-17,19-22H,4-9,13,18,23H2,1-3H3,(H,35,36)/b34-22+. The normalized spacial score (nSPS) is 10.9. The number of nitrogens with zero attached hydrogens (tertiary/aromatic N) is 1. The summed E-state index contributed by atoms with van der Waals surface area (Å²) in [5.41, 5.74) is 4.64. The minimum Gasteiger partial charge on any atom is -0.493 e. The molecule has 0 aliphatic rings. The highest BCUT2D eigenvalue weighted by molar-refractivity contribution is 6.32. The maximum absolute atomic E-state index is 12.8. The number of unbranched alkanes of at least 4 members (excludes halogenated alkanes) is 5. The van der Waals surface area contributed by atoms with E-state index in [1.165, 1.54) is 31.9 Å². The van der Waals surface area contributed by atoms with E-state index < -0.39 is 0 Å². The molecule has 3 rings (SSSR count). The van der Waals surface area contributed by atoms with Gasteiger partial charge in [-0.2, -0.15) is 5.10 Å². The maximum atomic E-state index is 12.8. The molecule has 0 spiro atoms. The zero-order valence-corrected chi connectivity index (χ0v) is 24.3. The predicted molar refractivity (Wildman–Crippen MR) is 160 cm³/mol. The molecule has 8 heteroatoms. The Morgan fingerprint density at radius 3 is 2.40 bits per heavy atom. The number of halogens is 1. The highest BCUT2D eigenvalue weighted by Crippen LogP contribution is 2.36. The monoisotopic (exact) mass is 566 g/mol. The van der Waals surface area contributed by atoms with Crippen LogP contribution in [-0.4, -0.2) is 32.4 Å². The molecule has 0 radical (unpaired) electrons. The van der Waals surface area contributed by atoms with Crippen LogP contribution in [0.1, 0.15) is 73.9 Å². The third-order valence-electron chi connectivity index (χ3n) is 6.12. The number of ether oxygens (including phenoxy) is 4. The molecule has 7 nitrogen and oxygen atoms in total. The highest BCUT2D eigenvalue weighted by Gasteiger charge is 2.13. The zero-order chi connectivity index (χ0) is 28.6. The topological polar surface area (TPSA) is 78.4 Å². The molecule has 0 fully saturated rings. The van der Waals surface area contributed by atoms with Crippen molar-refractivity contribution in [1.82, 2.24) is 5.43 Å². The van der Waals surface area contributed by atoms with E-state index in [2.05, 4.69) is 17.5 Å². The van der Waals surface area contributed by atoms with Gasteiger partial charge in [-0.05, 0) is 54.8 Å². The lowest BCUT2D eigenvalue weighted by Gasteiger charge is -2.13. The van der Waals surface area contributed by atoms with Gasteiger partial charge in [-0.1, -0.05) is 81.0 Å². The molecule has 0 aromatic heterocycles. The Balaban J connectivity index is 1.58. The van der Waals surface area contributed by atoms with E-state index in [0.29, 0.717) is 59.0 Å². The number of methoxy groups -OCH3 is 1. The van der Waals surface area contributed by atoms with Crippen LogP contribution in [0.4, 0.5) is 0 Å². The molecule has 1 amide bonds. The van der Waals surface area contributed by atoms with Gasteiger partial charge in [0.2, 0.25) is 0 Å². The van der Waals surface area contributed by atoms with Gasteiger partial charge >= 0.3 is 0 Å². The van der Waals surface area contributed by atoms with E-state index in [9.17, 15) is 4.79 Å². The molecule has 40 heavy (non-hydrogen) atoms. The van der Waals surface area contributed by atoms with Gasteiger partial charge in [0.15, 0.2) is 23.0 Å². The van der Waals surface area contributed by atoms with Gasteiger partial charge in [-0.15, -0.1) is 0 Å². The van der Waals surface area contributed by atoms with Crippen LogP contribution in [0.3, 0.4) is 0 Å². The van der Waals surface area contributed by atoms with Crippen LogP contribution in [0.15, 0.2) is 65.8 Å². The van der Waals surface area contributed by atoms with Crippen LogP contribution in [0.25, 0.3) is 0 Å². The summed E-state index contributed by atoms with van der Waals surface area (Å²) in [6, 6.07) is 18.4. The Kier molecular flexibility index (Phi) is 13.2. The van der Waals surface area contributed by atoms with Crippen LogP contribution in [-0.2, 0) is 6.61 Å². The summed E-state index contributed by atoms with van der Waals surface area (Å²) in [5.74, 6) is 1.69. The summed E-state index contributed by atoms with van der Waals surface area (Å²) in [4.78, 5) is 12.8. The number of nitrogens with one attached hydrogen (secondary N) is 1. The summed E-state index contributed by atoms with van der Waals surface area (Å²) < 4.78 is 23.0. The number of carbonyl (C=O) groups excluding carboxylic acids is 1. The number of hydrogen-bond donors (Lipinski definition) is 1. The third kappa shape index (κ3) is 9.79. The van der Waals surface area contributed by atoms with Crippen LogP contribution < -0.4 is 24.4 Å². The lowest BCUT2D eigenvalue weighted by Crippen LogP contribution is -2.17. The number of hydrogen-bond acceptors (Lipinski definition) is 6. The summed E-state index contributed by atoms with van der Waals surface area (Å²) in [6.07, 6.45) is 8.56. The summed E-state index contributed by atoms with van der Waals surface area (Å²) in [5, 5.41) is 4.52. The Morgan fingerprint density at radius 1 is 0.875 bits per heavy atom. The van der Waals surface area contributed by atoms with Crippen molar-refractivity contribution in [2.24, 2.45) is 5.10 Å². The lowest BCUT2D eigenvalue weighted by molar-refractivity contribution is 0.0954. The van der Waals surface area contributed by atoms with Gasteiger partial charge in [0.1, 0.15) is 6.61 Å². The van der Waals surface area contributed by atoms with Gasteiger partial charge in [0.25, 0.3) is 5.91 Å². The van der Waals surface area contributed by atoms with Crippen molar-refractivity contribution >= 4 is 23.7 Å². The van der Waals surface area contributed by atoms with Crippen molar-refractivity contribution in [1.29, 1.82) is 0 Å². The fourth-order valence-corrected chi connectivity index (χ4v) is 4.29. The first-order chi connectivity index (χ1) is 19.5. The Bertz CT molecular complexity index is 1230. The number of rotatable bonds is 17. The minimum absolute atomic E-state index is 0.385. The van der Waals surface area contributed by atoms with Crippen molar-refractivity contribution in [3.05, 3.63) is 82.4 Å². The van der Waals surface area contributed by atoms with Crippen molar-refractivity contribution < 1.29 is 23.7 Å². The maximum Gasteiger partial charge on any atom is 0.271 e. The lowest BCUT2D eigenvalue weighted by atomic mass is 10.1. The van der Waals surface area contributed by atoms with Crippen molar-refractivity contribution in [2.45, 2.75) is 59.0 Å². The molecule has 0 aliphatic carbocycles. The average molecular weight is 567 g/mol. The SMILES string of the molecule is CCCCCCCCOc1c(Cl)cc(/C=N/NC(=O)c2ccc(OCc3ccccc3)c(OCC)c2)cc1OC. The molecule has 3 aromatic rings. The third-order valence-corrected chi connectivity index (χ3v) is 6.40. The second-order valence-electron chi connectivity index (χ2n) is 9.22. The average Bonchev–Trinajstić information content (AvgIpc) is 2.97. The Morgan fingerprint density at radius 2 is 1.65 bits per heavy atom. The van der Waals surface area contributed by atoms with E-state index in [0.717, 1.165) is 18.4 Å². The van der Waals surface area contributed by atoms with Crippen LogP contribution >= 0.6 is 11.6 Å². The largest absolute Gasteiger partial charge is 0.493 e. The van der Waals surface area contributed by atoms with E-state index in [4.69, 9.17) is 30.5 Å². The van der Waals surface area contributed by atoms with E-state index in [-0.39, 0.29) is 5.91 Å². The first kappa shape index (κ1) is 30.8. The van der Waals surface area contributed by atoms with Crippen molar-refractivity contribution in [3.8, 4) is 23.0 Å². The van der Waals surface area contributed by atoms with Crippen LogP contribution in [0.5, 0.6) is 23.0 Å². The fourth-order valence-electron chi connectivity index (χ4n) is 4.01. The van der Waals surface area contributed by atoms with E-state index in [1.54, 1.807) is 37.4 Å². The second kappa shape index (κ2) is 17.1. The molecule has 0 atom stereocenters. The summed E-state index contributed by atoms with van der Waals surface area (Å²) >= 11 is 6.48. The summed E-state index contributed by atoms with van der Waals surface area (Å²) in [6.45, 7) is 5.49. The Labute approximate surface area is 242 Å². The fraction of sp³-hybridized carbons (Fsp3) is 0.375. The van der Waals surface area contributed by atoms with Crippen LogP contribution in [0, 0.1) is 0 Å².